The zero-order valence-corrected chi connectivity index (χ0v) is 10.8. The van der Waals surface area contributed by atoms with Crippen molar-refractivity contribution in [2.24, 2.45) is 0 Å². The average Bonchev–Trinajstić information content (AvgIpc) is 3.20. The first-order chi connectivity index (χ1) is 9.10. The van der Waals surface area contributed by atoms with Gasteiger partial charge >= 0.3 is 5.97 Å². The smallest absolute Gasteiger partial charge is 0.312 e. The molecule has 5 heteroatoms. The summed E-state index contributed by atoms with van der Waals surface area (Å²) in [6.45, 7) is 0.459. The molecule has 2 rings (SSSR count). The summed E-state index contributed by atoms with van der Waals surface area (Å²) in [5.74, 6) is -0.630. The summed E-state index contributed by atoms with van der Waals surface area (Å²) in [7, 11) is 1.60. The molecule has 0 saturated heterocycles. The van der Waals surface area contributed by atoms with E-state index in [1.54, 1.807) is 12.0 Å². The summed E-state index contributed by atoms with van der Waals surface area (Å²) in [6, 6.07) is 7.66. The van der Waals surface area contributed by atoms with Crippen LogP contribution in [0, 0.1) is 0 Å². The molecule has 1 saturated carbocycles. The predicted molar refractivity (Wildman–Crippen MR) is 68.8 cm³/mol. The Kier molecular flexibility index (Phi) is 4.04. The Morgan fingerprint density at radius 2 is 1.95 bits per heavy atom. The molecule has 1 fully saturated rings. The summed E-state index contributed by atoms with van der Waals surface area (Å²) < 4.78 is 5.08. The number of carboxylic acids is 1. The normalized spacial score (nSPS) is 13.9. The molecular weight excluding hydrogens is 246 g/mol. The number of carbonyl (C=O) groups is 2. The van der Waals surface area contributed by atoms with Crippen molar-refractivity contribution in [3.05, 3.63) is 29.8 Å². The van der Waals surface area contributed by atoms with Crippen molar-refractivity contribution >= 4 is 11.9 Å². The van der Waals surface area contributed by atoms with E-state index in [0.29, 0.717) is 6.54 Å². The maximum absolute atomic E-state index is 11.9. The molecule has 1 aromatic carbocycles. The predicted octanol–water partition coefficient (Wildman–Crippen LogP) is 1.66. The van der Waals surface area contributed by atoms with Gasteiger partial charge in [-0.25, -0.2) is 0 Å². The van der Waals surface area contributed by atoms with Gasteiger partial charge in [0.15, 0.2) is 0 Å². The van der Waals surface area contributed by atoms with Crippen molar-refractivity contribution in [2.75, 3.05) is 7.11 Å². The number of aliphatic carboxylic acids is 1. The van der Waals surface area contributed by atoms with Crippen molar-refractivity contribution in [1.82, 2.24) is 4.90 Å². The Hall–Kier alpha value is -2.04. The van der Waals surface area contributed by atoms with Crippen LogP contribution in [-0.4, -0.2) is 35.0 Å². The van der Waals surface area contributed by atoms with E-state index in [9.17, 15) is 9.59 Å². The van der Waals surface area contributed by atoms with Crippen molar-refractivity contribution < 1.29 is 19.4 Å². The molecule has 1 aliphatic carbocycles. The molecule has 0 radical (unpaired) electrons. The minimum atomic E-state index is -1.08. The topological polar surface area (TPSA) is 66.8 Å². The second kappa shape index (κ2) is 5.73. The molecule has 0 aromatic heterocycles. The van der Waals surface area contributed by atoms with Gasteiger partial charge in [0.25, 0.3) is 0 Å². The molecule has 0 heterocycles. The number of carbonyl (C=O) groups excluding carboxylic acids is 1. The van der Waals surface area contributed by atoms with Crippen molar-refractivity contribution in [3.8, 4) is 5.75 Å². The Morgan fingerprint density at radius 3 is 2.42 bits per heavy atom. The highest BCUT2D eigenvalue weighted by Gasteiger charge is 2.33. The van der Waals surface area contributed by atoms with E-state index in [1.165, 1.54) is 0 Å². The second-order valence-corrected chi connectivity index (χ2v) is 4.67. The Morgan fingerprint density at radius 1 is 1.32 bits per heavy atom. The lowest BCUT2D eigenvalue weighted by atomic mass is 10.2. The molecule has 1 amide bonds. The lowest BCUT2D eigenvalue weighted by molar-refractivity contribution is -0.144. The van der Waals surface area contributed by atoms with Gasteiger partial charge in [-0.2, -0.15) is 0 Å². The van der Waals surface area contributed by atoms with Gasteiger partial charge in [-0.3, -0.25) is 9.59 Å². The van der Waals surface area contributed by atoms with Crippen LogP contribution in [0.5, 0.6) is 5.75 Å². The molecule has 102 valence electrons. The van der Waals surface area contributed by atoms with Gasteiger partial charge < -0.3 is 14.7 Å². The maximum atomic E-state index is 11.9. The standard InChI is InChI=1S/C14H17NO4/c1-19-12-6-2-10(3-7-12)9-15(11-4-5-11)13(16)8-14(17)18/h2-3,6-7,11H,4-5,8-9H2,1H3,(H,17,18). The number of amides is 1. The van der Waals surface area contributed by atoms with E-state index in [0.717, 1.165) is 24.2 Å². The van der Waals surface area contributed by atoms with Crippen molar-refractivity contribution in [3.63, 3.8) is 0 Å². The van der Waals surface area contributed by atoms with Gasteiger partial charge in [-0.05, 0) is 30.5 Å². The molecule has 1 aliphatic rings. The van der Waals surface area contributed by atoms with Crippen LogP contribution in [0.1, 0.15) is 24.8 Å². The zero-order chi connectivity index (χ0) is 13.8. The minimum absolute atomic E-state index is 0.203. The number of hydrogen-bond acceptors (Lipinski definition) is 3. The highest BCUT2D eigenvalue weighted by Crippen LogP contribution is 2.29. The SMILES string of the molecule is COc1ccc(CN(C(=O)CC(=O)O)C2CC2)cc1. The third kappa shape index (κ3) is 3.71. The van der Waals surface area contributed by atoms with Crippen LogP contribution in [0.2, 0.25) is 0 Å². The Balaban J connectivity index is 2.03. The van der Waals surface area contributed by atoms with Crippen LogP contribution in [0.4, 0.5) is 0 Å². The van der Waals surface area contributed by atoms with Crippen LogP contribution in [0.3, 0.4) is 0 Å². The van der Waals surface area contributed by atoms with Crippen molar-refractivity contribution in [2.45, 2.75) is 31.8 Å². The fourth-order valence-electron chi connectivity index (χ4n) is 1.97. The number of benzene rings is 1. The number of hydrogen-bond donors (Lipinski definition) is 1. The molecule has 1 N–H and O–H groups in total. The average molecular weight is 263 g/mol. The molecule has 0 spiro atoms. The second-order valence-electron chi connectivity index (χ2n) is 4.67. The van der Waals surface area contributed by atoms with Crippen LogP contribution >= 0.6 is 0 Å². The number of carboxylic acid groups (broad SMARTS) is 1. The van der Waals surface area contributed by atoms with Crippen LogP contribution in [0.15, 0.2) is 24.3 Å². The molecule has 0 unspecified atom stereocenters. The third-order valence-electron chi connectivity index (χ3n) is 3.12. The van der Waals surface area contributed by atoms with E-state index >= 15 is 0 Å². The summed E-state index contributed by atoms with van der Waals surface area (Å²) in [5.41, 5.74) is 0.978. The largest absolute Gasteiger partial charge is 0.497 e. The number of nitrogens with zero attached hydrogens (tertiary/aromatic N) is 1. The maximum Gasteiger partial charge on any atom is 0.312 e. The third-order valence-corrected chi connectivity index (χ3v) is 3.12. The fraction of sp³-hybridized carbons (Fsp3) is 0.429. The number of ether oxygens (including phenoxy) is 1. The molecule has 0 bridgehead atoms. The van der Waals surface area contributed by atoms with E-state index in [1.807, 2.05) is 24.3 Å². The first kappa shape index (κ1) is 13.4. The molecule has 1 aromatic rings. The van der Waals surface area contributed by atoms with Crippen LogP contribution in [-0.2, 0) is 16.1 Å². The van der Waals surface area contributed by atoms with E-state index in [-0.39, 0.29) is 11.9 Å². The highest BCUT2D eigenvalue weighted by molar-refractivity contribution is 5.93. The molecule has 5 nitrogen and oxygen atoms in total. The van der Waals surface area contributed by atoms with Crippen LogP contribution < -0.4 is 4.74 Å². The molecular formula is C14H17NO4. The van der Waals surface area contributed by atoms with Gasteiger partial charge in [0, 0.05) is 12.6 Å². The van der Waals surface area contributed by atoms with Gasteiger partial charge in [-0.1, -0.05) is 12.1 Å². The molecule has 19 heavy (non-hydrogen) atoms. The lowest BCUT2D eigenvalue weighted by Gasteiger charge is -2.22. The Bertz CT molecular complexity index is 465. The summed E-state index contributed by atoms with van der Waals surface area (Å²) >= 11 is 0. The van der Waals surface area contributed by atoms with Gasteiger partial charge in [0.1, 0.15) is 12.2 Å². The lowest BCUT2D eigenvalue weighted by Crippen LogP contribution is -2.33. The van der Waals surface area contributed by atoms with Crippen molar-refractivity contribution in [1.29, 1.82) is 0 Å². The molecule has 0 atom stereocenters. The van der Waals surface area contributed by atoms with Gasteiger partial charge in [0.05, 0.1) is 7.11 Å². The quantitative estimate of drug-likeness (QED) is 0.793. The first-order valence-corrected chi connectivity index (χ1v) is 6.24. The zero-order valence-electron chi connectivity index (χ0n) is 10.8. The van der Waals surface area contributed by atoms with Gasteiger partial charge in [0.2, 0.25) is 5.91 Å². The first-order valence-electron chi connectivity index (χ1n) is 6.24. The van der Waals surface area contributed by atoms with E-state index in [2.05, 4.69) is 0 Å². The fourth-order valence-corrected chi connectivity index (χ4v) is 1.97. The summed E-state index contributed by atoms with van der Waals surface area (Å²) in [4.78, 5) is 24.2. The van der Waals surface area contributed by atoms with Crippen LogP contribution in [0.25, 0.3) is 0 Å². The van der Waals surface area contributed by atoms with E-state index in [4.69, 9.17) is 9.84 Å². The Labute approximate surface area is 111 Å². The summed E-state index contributed by atoms with van der Waals surface area (Å²) in [5, 5.41) is 8.71. The number of methoxy groups -OCH3 is 1. The highest BCUT2D eigenvalue weighted by atomic mass is 16.5. The molecule has 0 aliphatic heterocycles. The summed E-state index contributed by atoms with van der Waals surface area (Å²) in [6.07, 6.45) is 1.48. The van der Waals surface area contributed by atoms with Gasteiger partial charge in [-0.15, -0.1) is 0 Å². The number of rotatable bonds is 6. The monoisotopic (exact) mass is 263 g/mol. The minimum Gasteiger partial charge on any atom is -0.497 e. The van der Waals surface area contributed by atoms with E-state index < -0.39 is 12.4 Å².